The minimum Gasteiger partial charge on any atom is -0.453 e. The second-order valence-electron chi connectivity index (χ2n) is 14.0. The van der Waals surface area contributed by atoms with E-state index >= 15 is 0 Å². The fraction of sp³-hybridized carbons (Fsp3) is 0.400. The summed E-state index contributed by atoms with van der Waals surface area (Å²) in [7, 11) is 4.21. The molecule has 290 valence electrons. The third-order valence-electron chi connectivity index (χ3n) is 9.89. The van der Waals surface area contributed by atoms with E-state index in [4.69, 9.17) is 19.2 Å². The molecule has 0 saturated carbocycles. The Balaban J connectivity index is 1.14. The number of carbonyl (C=O) groups excluding carboxylic acids is 4. The van der Waals surface area contributed by atoms with Crippen molar-refractivity contribution in [3.63, 3.8) is 0 Å². The van der Waals surface area contributed by atoms with Crippen LogP contribution in [-0.2, 0) is 37.0 Å². The maximum absolute atomic E-state index is 13.5. The Morgan fingerprint density at radius 2 is 1.60 bits per heavy atom. The van der Waals surface area contributed by atoms with Gasteiger partial charge in [0.1, 0.15) is 23.7 Å². The Labute approximate surface area is 319 Å². The van der Waals surface area contributed by atoms with Crippen molar-refractivity contribution in [3.05, 3.63) is 84.2 Å². The zero-order chi connectivity index (χ0) is 39.1. The van der Waals surface area contributed by atoms with Crippen molar-refractivity contribution in [1.82, 2.24) is 40.4 Å². The molecule has 2 bridgehead atoms. The lowest BCUT2D eigenvalue weighted by Crippen LogP contribution is -2.51. The van der Waals surface area contributed by atoms with E-state index < -0.39 is 24.3 Å². The minimum absolute atomic E-state index is 0.111. The van der Waals surface area contributed by atoms with Crippen molar-refractivity contribution in [3.8, 4) is 33.6 Å². The number of rotatable bonds is 8. The predicted molar refractivity (Wildman–Crippen MR) is 204 cm³/mol. The largest absolute Gasteiger partial charge is 0.453 e. The molecule has 2 aromatic carbocycles. The highest BCUT2D eigenvalue weighted by Gasteiger charge is 2.37. The van der Waals surface area contributed by atoms with E-state index in [2.05, 4.69) is 37.7 Å². The van der Waals surface area contributed by atoms with Gasteiger partial charge < -0.3 is 44.6 Å². The number of alkyl carbamates (subject to hydrolysis) is 2. The molecule has 4 heterocycles. The Morgan fingerprint density at radius 1 is 0.927 bits per heavy atom. The first-order valence-electron chi connectivity index (χ1n) is 18.4. The van der Waals surface area contributed by atoms with Crippen LogP contribution in [0.25, 0.3) is 33.6 Å². The highest BCUT2D eigenvalue weighted by Crippen LogP contribution is 2.34. The van der Waals surface area contributed by atoms with E-state index in [9.17, 15) is 19.2 Å². The number of nitrogens with one attached hydrogen (secondary N) is 4. The summed E-state index contributed by atoms with van der Waals surface area (Å²) in [6.07, 6.45) is 6.03. The third-order valence-corrected chi connectivity index (χ3v) is 9.89. The Kier molecular flexibility index (Phi) is 12.3. The summed E-state index contributed by atoms with van der Waals surface area (Å²) in [6.45, 7) is 5.21. The molecule has 2 aliphatic heterocycles. The smallest absolute Gasteiger partial charge is 0.407 e. The molecule has 4 N–H and O–H groups in total. The summed E-state index contributed by atoms with van der Waals surface area (Å²) in [6, 6.07) is 14.6. The van der Waals surface area contributed by atoms with Gasteiger partial charge in [0.2, 0.25) is 11.8 Å². The van der Waals surface area contributed by atoms with Gasteiger partial charge in [0.15, 0.2) is 0 Å². The summed E-state index contributed by atoms with van der Waals surface area (Å²) in [5.41, 5.74) is 6.29. The Morgan fingerprint density at radius 3 is 2.27 bits per heavy atom. The highest BCUT2D eigenvalue weighted by atomic mass is 16.5. The molecule has 15 heteroatoms. The van der Waals surface area contributed by atoms with Crippen LogP contribution in [0.15, 0.2) is 66.9 Å². The fourth-order valence-corrected chi connectivity index (χ4v) is 6.91. The number of aromatic nitrogens is 4. The molecule has 2 aliphatic rings. The van der Waals surface area contributed by atoms with E-state index in [1.54, 1.807) is 18.1 Å². The molecule has 0 spiro atoms. The first kappa shape index (κ1) is 38.8. The maximum Gasteiger partial charge on any atom is 0.407 e. The normalized spacial score (nSPS) is 18.8. The molecule has 0 aliphatic carbocycles. The van der Waals surface area contributed by atoms with Crippen LogP contribution in [0, 0.1) is 5.92 Å². The number of carbonyl (C=O) groups is 4. The summed E-state index contributed by atoms with van der Waals surface area (Å²) < 4.78 is 15.4. The number of hydrogen-bond donors (Lipinski definition) is 4. The van der Waals surface area contributed by atoms with Gasteiger partial charge in [0.25, 0.3) is 0 Å². The zero-order valence-electron chi connectivity index (χ0n) is 31.8. The second kappa shape index (κ2) is 17.5. The summed E-state index contributed by atoms with van der Waals surface area (Å²) >= 11 is 0. The number of aromatic amines is 2. The van der Waals surface area contributed by atoms with Gasteiger partial charge >= 0.3 is 12.2 Å². The topological polar surface area (TPSA) is 184 Å². The summed E-state index contributed by atoms with van der Waals surface area (Å²) in [5.74, 6) is 0.782. The zero-order valence-corrected chi connectivity index (χ0v) is 31.8. The predicted octanol–water partition coefficient (Wildman–Crippen LogP) is 5.34. The molecule has 15 nitrogen and oxygen atoms in total. The fourth-order valence-electron chi connectivity index (χ4n) is 6.91. The first-order valence-corrected chi connectivity index (χ1v) is 18.4. The second-order valence-corrected chi connectivity index (χ2v) is 14.0. The monoisotopic (exact) mass is 752 g/mol. The summed E-state index contributed by atoms with van der Waals surface area (Å²) in [5, 5.41) is 5.30. The van der Waals surface area contributed by atoms with E-state index in [0.29, 0.717) is 37.8 Å². The average Bonchev–Trinajstić information content (AvgIpc) is 3.97. The SMILES string of the molecule is COC(=O)N[C@H]1C/C=C/COCc2[nH]c(nc2-c2ccc(-c3ccc(-c4cnc([C@@H]5CCCN5C(=O)[C@@H](NC(=O)OC)C(C)C)[nH]4)cc3)cc2)CN(C)C1=O. The molecule has 1 saturated heterocycles. The van der Waals surface area contributed by atoms with E-state index in [1.807, 2.05) is 62.4 Å². The number of likely N-dealkylation sites (tertiary alicyclic amines) is 1. The number of benzene rings is 2. The lowest BCUT2D eigenvalue weighted by molar-refractivity contribution is -0.135. The van der Waals surface area contributed by atoms with Crippen LogP contribution in [0.2, 0.25) is 0 Å². The van der Waals surface area contributed by atoms with E-state index in [0.717, 1.165) is 52.2 Å². The number of methoxy groups -OCH3 is 2. The van der Waals surface area contributed by atoms with Gasteiger partial charge in [-0.05, 0) is 41.9 Å². The van der Waals surface area contributed by atoms with Gasteiger partial charge in [-0.25, -0.2) is 19.6 Å². The molecule has 6 rings (SSSR count). The van der Waals surface area contributed by atoms with Gasteiger partial charge in [-0.1, -0.05) is 74.5 Å². The van der Waals surface area contributed by atoms with Crippen LogP contribution in [0.1, 0.15) is 56.5 Å². The molecule has 0 unspecified atom stereocenters. The number of imidazole rings is 2. The number of amides is 4. The van der Waals surface area contributed by atoms with E-state index in [1.165, 1.54) is 19.1 Å². The molecule has 4 aromatic rings. The van der Waals surface area contributed by atoms with Crippen LogP contribution in [0.3, 0.4) is 0 Å². The van der Waals surface area contributed by atoms with Gasteiger partial charge in [-0.15, -0.1) is 0 Å². The number of fused-ring (bicyclic) bond motifs is 2. The van der Waals surface area contributed by atoms with Gasteiger partial charge in [0.05, 0.1) is 63.3 Å². The van der Waals surface area contributed by atoms with E-state index in [-0.39, 0.29) is 30.3 Å². The van der Waals surface area contributed by atoms with Gasteiger partial charge in [0, 0.05) is 19.2 Å². The molecule has 1 fully saturated rings. The minimum atomic E-state index is -0.788. The van der Waals surface area contributed by atoms with Gasteiger partial charge in [-0.2, -0.15) is 0 Å². The van der Waals surface area contributed by atoms with Crippen LogP contribution in [0.5, 0.6) is 0 Å². The molecular weight excluding hydrogens is 704 g/mol. The molecule has 0 radical (unpaired) electrons. The molecule has 55 heavy (non-hydrogen) atoms. The maximum atomic E-state index is 13.5. The number of ether oxygens (including phenoxy) is 3. The molecule has 3 atom stereocenters. The van der Waals surface area contributed by atoms with Crippen molar-refractivity contribution in [1.29, 1.82) is 0 Å². The quantitative estimate of drug-likeness (QED) is 0.173. The van der Waals surface area contributed by atoms with Crippen molar-refractivity contribution >= 4 is 24.0 Å². The average molecular weight is 753 g/mol. The van der Waals surface area contributed by atoms with Crippen molar-refractivity contribution < 1.29 is 33.4 Å². The van der Waals surface area contributed by atoms with Crippen LogP contribution in [0.4, 0.5) is 9.59 Å². The number of nitrogens with zero attached hydrogens (tertiary/aromatic N) is 4. The first-order chi connectivity index (χ1) is 26.6. The molecule has 4 amide bonds. The van der Waals surface area contributed by atoms with Crippen molar-refractivity contribution in [2.24, 2.45) is 5.92 Å². The number of likely N-dealkylation sites (N-methyl/N-ethyl adjacent to an activating group) is 1. The van der Waals surface area contributed by atoms with Gasteiger partial charge in [-0.3, -0.25) is 9.59 Å². The van der Waals surface area contributed by atoms with Crippen LogP contribution in [-0.4, -0.2) is 100 Å². The van der Waals surface area contributed by atoms with Crippen LogP contribution >= 0.6 is 0 Å². The Hall–Kier alpha value is -5.96. The lowest BCUT2D eigenvalue weighted by Gasteiger charge is -2.30. The standard InChI is InChI=1S/C40H48N8O7/c1-24(2)34(46-40(52)54-5)38(50)48-19-8-10-32(48)36-41-21-30(43-36)27-15-11-25(12-16-27)26-13-17-28(18-14-26)35-31-23-55-20-7-6-9-29(44-39(51)53-4)37(49)47(3)22-33(42-31)45-35/h6-7,11-18,21,24,29,32,34H,8-10,19-20,22-23H2,1-5H3,(H,41,43)(H,42,45)(H,44,51)(H,46,52)/b7-6+/t29-,32-,34-/m0/s1. The van der Waals surface area contributed by atoms with Crippen LogP contribution < -0.4 is 10.6 Å². The number of H-pyrrole nitrogens is 2. The van der Waals surface area contributed by atoms with Crippen molar-refractivity contribution in [2.45, 2.75) is 64.4 Å². The Bertz CT molecular complexity index is 2000. The lowest BCUT2D eigenvalue weighted by atomic mass is 10.0. The molecular formula is C40H48N8O7. The van der Waals surface area contributed by atoms with Crippen molar-refractivity contribution in [2.75, 3.05) is 34.4 Å². The highest BCUT2D eigenvalue weighted by molar-refractivity contribution is 5.87. The summed E-state index contributed by atoms with van der Waals surface area (Å²) in [4.78, 5) is 70.2. The number of hydrogen-bond acceptors (Lipinski definition) is 9. The third kappa shape index (κ3) is 9.06. The molecule has 2 aromatic heterocycles.